The second-order valence-corrected chi connectivity index (χ2v) is 6.49. The molecule has 1 aliphatic carbocycles. The van der Waals surface area contributed by atoms with Gasteiger partial charge in [-0.05, 0) is 48.5 Å². The molecule has 1 aromatic rings. The molecule has 1 unspecified atom stereocenters. The van der Waals surface area contributed by atoms with E-state index in [2.05, 4.69) is 45.6 Å². The van der Waals surface area contributed by atoms with Gasteiger partial charge in [-0.3, -0.25) is 4.68 Å². The van der Waals surface area contributed by atoms with Gasteiger partial charge in [0.2, 0.25) is 0 Å². The van der Waals surface area contributed by atoms with Gasteiger partial charge in [0.1, 0.15) is 0 Å². The Morgan fingerprint density at radius 3 is 2.89 bits per heavy atom. The number of aryl methyl sites for hydroxylation is 2. The van der Waals surface area contributed by atoms with Gasteiger partial charge in [0, 0.05) is 13.0 Å². The number of allylic oxidation sites excluding steroid dienone is 2. The standard InChI is InChI=1S/C15H22BrClN2/c1-3-13-15(16)14(19(4-2)18-13)10-11-7-5-6-8-12(17)9-11/h9,12H,3-8,10H2,1-2H3. The topological polar surface area (TPSA) is 17.8 Å². The number of hydrogen-bond acceptors (Lipinski definition) is 1. The van der Waals surface area contributed by atoms with E-state index < -0.39 is 0 Å². The Kier molecular flexibility index (Phi) is 5.52. The molecule has 106 valence electrons. The molecular formula is C15H22BrClN2. The van der Waals surface area contributed by atoms with Crippen molar-refractivity contribution in [1.29, 1.82) is 0 Å². The van der Waals surface area contributed by atoms with Crippen molar-refractivity contribution >= 4 is 27.5 Å². The summed E-state index contributed by atoms with van der Waals surface area (Å²) in [6.45, 7) is 5.22. The van der Waals surface area contributed by atoms with Crippen molar-refractivity contribution in [2.24, 2.45) is 0 Å². The summed E-state index contributed by atoms with van der Waals surface area (Å²) < 4.78 is 3.31. The quantitative estimate of drug-likeness (QED) is 0.562. The molecule has 0 radical (unpaired) electrons. The minimum absolute atomic E-state index is 0.208. The third-order valence-electron chi connectivity index (χ3n) is 3.73. The first-order chi connectivity index (χ1) is 9.15. The summed E-state index contributed by atoms with van der Waals surface area (Å²) >= 11 is 10.0. The van der Waals surface area contributed by atoms with Crippen LogP contribution in [-0.4, -0.2) is 15.2 Å². The predicted molar refractivity (Wildman–Crippen MR) is 84.9 cm³/mol. The van der Waals surface area contributed by atoms with Gasteiger partial charge in [0.25, 0.3) is 0 Å². The number of aromatic nitrogens is 2. The van der Waals surface area contributed by atoms with Crippen LogP contribution in [0.1, 0.15) is 50.9 Å². The molecule has 1 aliphatic rings. The SMILES string of the molecule is CCc1nn(CC)c(CC2=CC(Cl)CCCC2)c1Br. The highest BCUT2D eigenvalue weighted by Crippen LogP contribution is 2.28. The van der Waals surface area contributed by atoms with Crippen LogP contribution in [0.5, 0.6) is 0 Å². The zero-order valence-electron chi connectivity index (χ0n) is 11.8. The Labute approximate surface area is 129 Å². The summed E-state index contributed by atoms with van der Waals surface area (Å²) in [6.07, 6.45) is 8.99. The maximum absolute atomic E-state index is 6.32. The lowest BCUT2D eigenvalue weighted by Gasteiger charge is -2.09. The van der Waals surface area contributed by atoms with Crippen molar-refractivity contribution in [3.05, 3.63) is 27.5 Å². The van der Waals surface area contributed by atoms with Crippen molar-refractivity contribution < 1.29 is 0 Å². The molecule has 0 amide bonds. The van der Waals surface area contributed by atoms with Crippen LogP contribution >= 0.6 is 27.5 Å². The fraction of sp³-hybridized carbons (Fsp3) is 0.667. The lowest BCUT2D eigenvalue weighted by Crippen LogP contribution is -2.05. The predicted octanol–water partition coefficient (Wildman–Crippen LogP) is 4.88. The average molecular weight is 346 g/mol. The fourth-order valence-electron chi connectivity index (χ4n) is 2.66. The summed E-state index contributed by atoms with van der Waals surface area (Å²) in [5.74, 6) is 0. The van der Waals surface area contributed by atoms with E-state index in [1.54, 1.807) is 0 Å². The lowest BCUT2D eigenvalue weighted by atomic mass is 10.0. The van der Waals surface area contributed by atoms with Crippen LogP contribution in [-0.2, 0) is 19.4 Å². The van der Waals surface area contributed by atoms with E-state index in [1.807, 2.05) is 0 Å². The first-order valence-electron chi connectivity index (χ1n) is 7.23. The van der Waals surface area contributed by atoms with Crippen LogP contribution in [0.3, 0.4) is 0 Å². The molecule has 0 fully saturated rings. The van der Waals surface area contributed by atoms with Crippen LogP contribution in [0.15, 0.2) is 16.1 Å². The van der Waals surface area contributed by atoms with Gasteiger partial charge in [-0.2, -0.15) is 5.10 Å². The van der Waals surface area contributed by atoms with Crippen LogP contribution < -0.4 is 0 Å². The maximum atomic E-state index is 6.32. The van der Waals surface area contributed by atoms with Gasteiger partial charge < -0.3 is 0 Å². The van der Waals surface area contributed by atoms with Gasteiger partial charge in [-0.25, -0.2) is 0 Å². The molecule has 0 saturated carbocycles. The highest BCUT2D eigenvalue weighted by atomic mass is 79.9. The third-order valence-corrected chi connectivity index (χ3v) is 4.99. The highest BCUT2D eigenvalue weighted by molar-refractivity contribution is 9.10. The first-order valence-corrected chi connectivity index (χ1v) is 8.46. The van der Waals surface area contributed by atoms with Crippen molar-refractivity contribution in [3.63, 3.8) is 0 Å². The van der Waals surface area contributed by atoms with E-state index in [-0.39, 0.29) is 5.38 Å². The van der Waals surface area contributed by atoms with Crippen molar-refractivity contribution in [2.75, 3.05) is 0 Å². The molecule has 0 aromatic carbocycles. The fourth-order valence-corrected chi connectivity index (χ4v) is 3.70. The second kappa shape index (κ2) is 6.94. The highest BCUT2D eigenvalue weighted by Gasteiger charge is 2.17. The third kappa shape index (κ3) is 3.63. The monoisotopic (exact) mass is 344 g/mol. The molecule has 1 atom stereocenters. The van der Waals surface area contributed by atoms with Gasteiger partial charge in [-0.1, -0.05) is 25.0 Å². The smallest absolute Gasteiger partial charge is 0.0766 e. The van der Waals surface area contributed by atoms with Gasteiger partial charge in [-0.15, -0.1) is 11.6 Å². The second-order valence-electron chi connectivity index (χ2n) is 5.14. The molecule has 0 spiro atoms. The van der Waals surface area contributed by atoms with Gasteiger partial charge in [0.15, 0.2) is 0 Å². The Bertz CT molecular complexity index is 465. The average Bonchev–Trinajstić information content (AvgIpc) is 2.57. The molecule has 1 heterocycles. The van der Waals surface area contributed by atoms with Crippen LogP contribution in [0.2, 0.25) is 0 Å². The molecule has 0 aliphatic heterocycles. The molecule has 19 heavy (non-hydrogen) atoms. The van der Waals surface area contributed by atoms with E-state index in [1.165, 1.54) is 35.0 Å². The summed E-state index contributed by atoms with van der Waals surface area (Å²) in [5, 5.41) is 4.87. The summed E-state index contributed by atoms with van der Waals surface area (Å²) in [4.78, 5) is 0. The number of hydrogen-bond donors (Lipinski definition) is 0. The Morgan fingerprint density at radius 1 is 1.42 bits per heavy atom. The number of rotatable bonds is 4. The van der Waals surface area contributed by atoms with Crippen molar-refractivity contribution in [3.8, 4) is 0 Å². The van der Waals surface area contributed by atoms with Crippen LogP contribution in [0, 0.1) is 0 Å². The molecule has 1 aromatic heterocycles. The molecule has 0 N–H and O–H groups in total. The summed E-state index contributed by atoms with van der Waals surface area (Å²) in [6, 6.07) is 0. The number of halogens is 2. The zero-order chi connectivity index (χ0) is 13.8. The van der Waals surface area contributed by atoms with E-state index >= 15 is 0 Å². The molecule has 2 rings (SSSR count). The Hall–Kier alpha value is -0.280. The van der Waals surface area contributed by atoms with E-state index in [0.29, 0.717) is 0 Å². The van der Waals surface area contributed by atoms with Gasteiger partial charge in [0.05, 0.1) is 21.2 Å². The molecule has 2 nitrogen and oxygen atoms in total. The van der Waals surface area contributed by atoms with Crippen molar-refractivity contribution in [2.45, 2.75) is 64.3 Å². The summed E-state index contributed by atoms with van der Waals surface area (Å²) in [5.41, 5.74) is 3.93. The molecule has 4 heteroatoms. The largest absolute Gasteiger partial charge is 0.268 e. The molecule has 0 bridgehead atoms. The van der Waals surface area contributed by atoms with E-state index in [9.17, 15) is 0 Å². The van der Waals surface area contributed by atoms with Crippen LogP contribution in [0.25, 0.3) is 0 Å². The zero-order valence-corrected chi connectivity index (χ0v) is 14.1. The molecule has 0 saturated heterocycles. The van der Waals surface area contributed by atoms with Crippen molar-refractivity contribution in [1.82, 2.24) is 9.78 Å². The Morgan fingerprint density at radius 2 is 2.21 bits per heavy atom. The Balaban J connectivity index is 2.24. The summed E-state index contributed by atoms with van der Waals surface area (Å²) in [7, 11) is 0. The van der Waals surface area contributed by atoms with Crippen LogP contribution in [0.4, 0.5) is 0 Å². The van der Waals surface area contributed by atoms with E-state index in [0.717, 1.165) is 31.5 Å². The van der Waals surface area contributed by atoms with E-state index in [4.69, 9.17) is 11.6 Å². The van der Waals surface area contributed by atoms with Gasteiger partial charge >= 0.3 is 0 Å². The number of nitrogens with zero attached hydrogens (tertiary/aromatic N) is 2. The first kappa shape index (κ1) is 15.1. The normalized spacial score (nSPS) is 20.2. The minimum atomic E-state index is 0.208. The minimum Gasteiger partial charge on any atom is -0.268 e. The number of alkyl halides is 1. The lowest BCUT2D eigenvalue weighted by molar-refractivity contribution is 0.615. The maximum Gasteiger partial charge on any atom is 0.0766 e. The molecular weight excluding hydrogens is 324 g/mol.